The quantitative estimate of drug-likeness (QED) is 0.563. The zero-order chi connectivity index (χ0) is 10.7. The van der Waals surface area contributed by atoms with Crippen LogP contribution in [0.4, 0.5) is 0 Å². The molecule has 5 nitrogen and oxygen atoms in total. The summed E-state index contributed by atoms with van der Waals surface area (Å²) in [5.74, 6) is -0.584. The molecule has 0 unspecified atom stereocenters. The van der Waals surface area contributed by atoms with Gasteiger partial charge in [0.1, 0.15) is 10.3 Å². The van der Waals surface area contributed by atoms with Crippen molar-refractivity contribution in [3.8, 4) is 0 Å². The van der Waals surface area contributed by atoms with E-state index in [-0.39, 0.29) is 10.3 Å². The van der Waals surface area contributed by atoms with E-state index in [1.54, 1.807) is 0 Å². The van der Waals surface area contributed by atoms with Crippen molar-refractivity contribution in [3.05, 3.63) is 26.4 Å². The first-order chi connectivity index (χ1) is 6.60. The summed E-state index contributed by atoms with van der Waals surface area (Å²) in [5.41, 5.74) is 0.211. The Bertz CT molecular complexity index is 460. The highest BCUT2D eigenvalue weighted by Gasteiger charge is 2.13. The lowest BCUT2D eigenvalue weighted by molar-refractivity contribution is 0.0592. The number of aromatic amines is 2. The molecule has 1 rings (SSSR count). The molecular formula is C8H10N2O3S. The van der Waals surface area contributed by atoms with Gasteiger partial charge < -0.3 is 9.72 Å². The van der Waals surface area contributed by atoms with Crippen LogP contribution >= 0.6 is 12.2 Å². The van der Waals surface area contributed by atoms with Crippen LogP contribution in [0.1, 0.15) is 23.0 Å². The highest BCUT2D eigenvalue weighted by atomic mass is 32.1. The van der Waals surface area contributed by atoms with Gasteiger partial charge in [0, 0.05) is 5.56 Å². The van der Waals surface area contributed by atoms with Gasteiger partial charge in [0.2, 0.25) is 0 Å². The first-order valence-corrected chi connectivity index (χ1v) is 4.44. The van der Waals surface area contributed by atoms with Gasteiger partial charge in [-0.15, -0.1) is 0 Å². The molecule has 14 heavy (non-hydrogen) atoms. The molecule has 0 saturated carbocycles. The second-order valence-corrected chi connectivity index (χ2v) is 3.02. The van der Waals surface area contributed by atoms with Crippen LogP contribution in [-0.4, -0.2) is 23.0 Å². The van der Waals surface area contributed by atoms with E-state index >= 15 is 0 Å². The third kappa shape index (κ3) is 1.90. The summed E-state index contributed by atoms with van der Waals surface area (Å²) >= 11 is 4.91. The monoisotopic (exact) mass is 214 g/mol. The molecule has 0 aliphatic rings. The molecule has 1 aromatic rings. The molecule has 0 spiro atoms. The Hall–Kier alpha value is -1.43. The number of H-pyrrole nitrogens is 2. The highest BCUT2D eigenvalue weighted by Crippen LogP contribution is 2.06. The Morgan fingerprint density at radius 3 is 2.64 bits per heavy atom. The molecule has 0 aromatic carbocycles. The summed E-state index contributed by atoms with van der Waals surface area (Å²) in [4.78, 5) is 27.0. The zero-order valence-electron chi connectivity index (χ0n) is 7.84. The zero-order valence-corrected chi connectivity index (χ0v) is 8.66. The molecule has 0 aliphatic heterocycles. The summed E-state index contributed by atoms with van der Waals surface area (Å²) < 4.78 is 4.79. The van der Waals surface area contributed by atoms with Crippen molar-refractivity contribution >= 4 is 18.2 Å². The van der Waals surface area contributed by atoms with Crippen LogP contribution < -0.4 is 5.69 Å². The fourth-order valence-corrected chi connectivity index (χ4v) is 1.47. The Balaban J connectivity index is 3.47. The smallest absolute Gasteiger partial charge is 0.355 e. The topological polar surface area (TPSA) is 75.0 Å². The average molecular weight is 214 g/mol. The van der Waals surface area contributed by atoms with Gasteiger partial charge in [0.05, 0.1) is 7.11 Å². The van der Waals surface area contributed by atoms with Gasteiger partial charge in [-0.1, -0.05) is 19.1 Å². The standard InChI is InChI=1S/C8H10N2O3S/c1-3-4-5(7(11)13-2)9-8(12)10-6(4)14/h3H2,1-2H3,(H2,9,10,12,14). The summed E-state index contributed by atoms with van der Waals surface area (Å²) in [6.45, 7) is 1.84. The number of carbonyl (C=O) groups excluding carboxylic acids is 1. The minimum atomic E-state index is -0.584. The lowest BCUT2D eigenvalue weighted by Crippen LogP contribution is -2.20. The number of hydrogen-bond acceptors (Lipinski definition) is 4. The van der Waals surface area contributed by atoms with Crippen LogP contribution in [0, 0.1) is 4.64 Å². The maximum absolute atomic E-state index is 11.2. The Morgan fingerprint density at radius 2 is 2.14 bits per heavy atom. The molecule has 0 bridgehead atoms. The third-order valence-corrected chi connectivity index (χ3v) is 2.13. The SMILES string of the molecule is CCc1c(C(=O)OC)[nH]c(=O)[nH]c1=S. The lowest BCUT2D eigenvalue weighted by atomic mass is 10.2. The molecule has 0 radical (unpaired) electrons. The maximum Gasteiger partial charge on any atom is 0.355 e. The van der Waals surface area contributed by atoms with Crippen LogP contribution in [0.2, 0.25) is 0 Å². The second-order valence-electron chi connectivity index (χ2n) is 2.61. The predicted molar refractivity (Wildman–Crippen MR) is 53.0 cm³/mol. The molecule has 0 atom stereocenters. The number of carbonyl (C=O) groups is 1. The van der Waals surface area contributed by atoms with E-state index in [1.165, 1.54) is 7.11 Å². The van der Waals surface area contributed by atoms with Crippen molar-refractivity contribution in [1.82, 2.24) is 9.97 Å². The molecule has 0 aliphatic carbocycles. The number of ether oxygens (including phenoxy) is 1. The third-order valence-electron chi connectivity index (χ3n) is 1.78. The molecule has 0 fully saturated rings. The van der Waals surface area contributed by atoms with E-state index < -0.39 is 11.7 Å². The molecule has 0 amide bonds. The first kappa shape index (κ1) is 10.6. The molecule has 1 heterocycles. The van der Waals surface area contributed by atoms with Crippen LogP contribution in [0.3, 0.4) is 0 Å². The maximum atomic E-state index is 11.2. The first-order valence-electron chi connectivity index (χ1n) is 4.04. The van der Waals surface area contributed by atoms with Gasteiger partial charge >= 0.3 is 11.7 Å². The number of hydrogen-bond donors (Lipinski definition) is 2. The molecular weight excluding hydrogens is 204 g/mol. The Kier molecular flexibility index (Phi) is 3.19. The number of esters is 1. The Labute approximate surface area is 85.1 Å². The molecule has 6 heteroatoms. The van der Waals surface area contributed by atoms with Crippen molar-refractivity contribution in [3.63, 3.8) is 0 Å². The summed E-state index contributed by atoms with van der Waals surface area (Å²) in [6, 6.07) is 0. The average Bonchev–Trinajstić information content (AvgIpc) is 2.15. The molecule has 1 aromatic heterocycles. The minimum Gasteiger partial charge on any atom is -0.464 e. The largest absolute Gasteiger partial charge is 0.464 e. The van der Waals surface area contributed by atoms with Gasteiger partial charge in [0.25, 0.3) is 0 Å². The molecule has 76 valence electrons. The normalized spacial score (nSPS) is 9.86. The molecule has 0 saturated heterocycles. The van der Waals surface area contributed by atoms with E-state index in [2.05, 4.69) is 14.7 Å². The van der Waals surface area contributed by atoms with E-state index in [9.17, 15) is 9.59 Å². The van der Waals surface area contributed by atoms with Crippen LogP contribution in [0.15, 0.2) is 4.79 Å². The predicted octanol–water partition coefficient (Wildman–Crippen LogP) is 0.781. The number of aromatic nitrogens is 2. The highest BCUT2D eigenvalue weighted by molar-refractivity contribution is 7.71. The van der Waals surface area contributed by atoms with Crippen molar-refractivity contribution in [2.24, 2.45) is 0 Å². The van der Waals surface area contributed by atoms with Gasteiger partial charge in [-0.25, -0.2) is 9.59 Å². The van der Waals surface area contributed by atoms with Gasteiger partial charge in [-0.2, -0.15) is 0 Å². The Morgan fingerprint density at radius 1 is 1.50 bits per heavy atom. The van der Waals surface area contributed by atoms with E-state index in [0.717, 1.165) is 0 Å². The van der Waals surface area contributed by atoms with E-state index in [4.69, 9.17) is 12.2 Å². The number of rotatable bonds is 2. The van der Waals surface area contributed by atoms with Crippen molar-refractivity contribution < 1.29 is 9.53 Å². The van der Waals surface area contributed by atoms with Crippen LogP contribution in [0.25, 0.3) is 0 Å². The van der Waals surface area contributed by atoms with Crippen molar-refractivity contribution in [1.29, 1.82) is 0 Å². The van der Waals surface area contributed by atoms with Gasteiger partial charge in [-0.3, -0.25) is 4.98 Å². The number of methoxy groups -OCH3 is 1. The fourth-order valence-electron chi connectivity index (χ4n) is 1.13. The molecule has 2 N–H and O–H groups in total. The minimum absolute atomic E-state index is 0.128. The summed E-state index contributed by atoms with van der Waals surface area (Å²) in [5, 5.41) is 0. The van der Waals surface area contributed by atoms with Crippen molar-refractivity contribution in [2.75, 3.05) is 7.11 Å². The number of nitrogens with one attached hydrogen (secondary N) is 2. The lowest BCUT2D eigenvalue weighted by Gasteiger charge is -2.04. The van der Waals surface area contributed by atoms with Gasteiger partial charge in [0.15, 0.2) is 0 Å². The van der Waals surface area contributed by atoms with E-state index in [1.807, 2.05) is 6.92 Å². The van der Waals surface area contributed by atoms with Crippen molar-refractivity contribution in [2.45, 2.75) is 13.3 Å². The summed E-state index contributed by atoms with van der Waals surface area (Å²) in [6.07, 6.45) is 0.552. The second kappa shape index (κ2) is 4.19. The fraction of sp³-hybridized carbons (Fsp3) is 0.375. The van der Waals surface area contributed by atoms with Crippen LogP contribution in [0.5, 0.6) is 0 Å². The summed E-state index contributed by atoms with van der Waals surface area (Å²) in [7, 11) is 1.25. The van der Waals surface area contributed by atoms with Gasteiger partial charge in [-0.05, 0) is 6.42 Å². The van der Waals surface area contributed by atoms with E-state index in [0.29, 0.717) is 12.0 Å². The van der Waals surface area contributed by atoms with Crippen LogP contribution in [-0.2, 0) is 11.2 Å².